The molecule has 0 spiro atoms. The van der Waals surface area contributed by atoms with Gasteiger partial charge in [-0.3, -0.25) is 19.5 Å². The Balaban J connectivity index is 1.32. The van der Waals surface area contributed by atoms with Gasteiger partial charge in [0.2, 0.25) is 5.89 Å². The molecule has 2 aliphatic rings. The number of carbonyl (C=O) groups is 2. The summed E-state index contributed by atoms with van der Waals surface area (Å²) in [5.41, 5.74) is 1.80. The van der Waals surface area contributed by atoms with Gasteiger partial charge in [0.05, 0.1) is 12.1 Å². The van der Waals surface area contributed by atoms with E-state index in [2.05, 4.69) is 25.5 Å². The van der Waals surface area contributed by atoms with Crippen LogP contribution in [0.2, 0.25) is 0 Å². The Morgan fingerprint density at radius 1 is 1.21 bits per heavy atom. The Hall–Kier alpha value is -3.62. The Kier molecular flexibility index (Phi) is 4.08. The van der Waals surface area contributed by atoms with Crippen molar-refractivity contribution in [3.05, 3.63) is 65.8 Å². The Morgan fingerprint density at radius 2 is 2.00 bits per heavy atom. The molecule has 9 heteroatoms. The molecule has 1 aromatic carbocycles. The Morgan fingerprint density at radius 3 is 2.83 bits per heavy atom. The van der Waals surface area contributed by atoms with Crippen molar-refractivity contribution in [1.29, 1.82) is 0 Å². The van der Waals surface area contributed by atoms with Crippen molar-refractivity contribution in [3.8, 4) is 0 Å². The maximum absolute atomic E-state index is 12.9. The number of hydrogen-bond donors (Lipinski definition) is 1. The average Bonchev–Trinajstić information content (AvgIpc) is 3.41. The zero-order valence-corrected chi connectivity index (χ0v) is 15.6. The van der Waals surface area contributed by atoms with Crippen LogP contribution in [0.1, 0.15) is 40.2 Å². The largest absolute Gasteiger partial charge is 0.417 e. The summed E-state index contributed by atoms with van der Waals surface area (Å²) in [5.74, 6) is 0.0463. The number of anilines is 1. The zero-order valence-electron chi connectivity index (χ0n) is 15.6. The first-order chi connectivity index (χ1) is 14.1. The lowest BCUT2D eigenvalue weighted by Crippen LogP contribution is -2.48. The Labute approximate surface area is 166 Å². The van der Waals surface area contributed by atoms with Gasteiger partial charge in [-0.25, -0.2) is 4.98 Å². The Bertz CT molecular complexity index is 1080. The summed E-state index contributed by atoms with van der Waals surface area (Å²) in [4.78, 5) is 35.7. The van der Waals surface area contributed by atoms with Crippen LogP contribution in [-0.2, 0) is 11.2 Å². The maximum Gasteiger partial charge on any atom is 0.309 e. The monoisotopic (exact) mass is 390 g/mol. The number of carbonyl (C=O) groups excluding carboxylic acids is 2. The molecule has 0 saturated heterocycles. The molecular formula is C20H18N6O3. The van der Waals surface area contributed by atoms with Crippen molar-refractivity contribution < 1.29 is 14.0 Å². The van der Waals surface area contributed by atoms with Crippen LogP contribution in [-0.4, -0.2) is 45.1 Å². The van der Waals surface area contributed by atoms with Crippen LogP contribution < -0.4 is 10.2 Å². The second kappa shape index (κ2) is 6.77. The van der Waals surface area contributed by atoms with Gasteiger partial charge in [0, 0.05) is 25.4 Å². The molecular weight excluding hydrogens is 372 g/mol. The van der Waals surface area contributed by atoms with Crippen LogP contribution >= 0.6 is 0 Å². The standard InChI is InChI=1S/C20H18N6O3/c1-26-17-15(21-7-8-22-17)12-10-13(12)16(20(26)28)23-18(27)19-25-24-14(29-19)9-11-5-3-2-4-6-11/h2-8,12-13,16H,9-10H2,1H3,(H,23,27)/t12-,13+,16?/m1/s1. The first kappa shape index (κ1) is 17.5. The van der Waals surface area contributed by atoms with E-state index in [9.17, 15) is 9.59 Å². The zero-order chi connectivity index (χ0) is 20.0. The summed E-state index contributed by atoms with van der Waals surface area (Å²) in [6, 6.07) is 8.96. The molecule has 0 bridgehead atoms. The molecule has 1 aliphatic heterocycles. The van der Waals surface area contributed by atoms with Gasteiger partial charge in [-0.1, -0.05) is 30.3 Å². The highest BCUT2D eigenvalue weighted by Crippen LogP contribution is 2.53. The number of likely N-dealkylation sites (N-methyl/N-ethyl adjacent to an activating group) is 1. The molecule has 29 heavy (non-hydrogen) atoms. The average molecular weight is 390 g/mol. The number of amides is 2. The SMILES string of the molecule is CN1C(=O)C(NC(=O)c2nnc(Cc3ccccc3)o2)[C@H]2C[C@H]2c2nccnc21. The van der Waals surface area contributed by atoms with Crippen LogP contribution in [0.25, 0.3) is 0 Å². The van der Waals surface area contributed by atoms with Crippen molar-refractivity contribution in [2.75, 3.05) is 11.9 Å². The fourth-order valence-corrected chi connectivity index (χ4v) is 3.81. The topological polar surface area (TPSA) is 114 Å². The maximum atomic E-state index is 12.9. The van der Waals surface area contributed by atoms with E-state index >= 15 is 0 Å². The molecule has 2 amide bonds. The highest BCUT2D eigenvalue weighted by molar-refractivity contribution is 6.02. The van der Waals surface area contributed by atoms with Gasteiger partial charge in [-0.05, 0) is 17.9 Å². The normalized spacial score (nSPS) is 22.4. The highest BCUT2D eigenvalue weighted by atomic mass is 16.4. The van der Waals surface area contributed by atoms with E-state index in [1.807, 2.05) is 30.3 Å². The van der Waals surface area contributed by atoms with Crippen molar-refractivity contribution in [2.45, 2.75) is 24.8 Å². The van der Waals surface area contributed by atoms with Gasteiger partial charge >= 0.3 is 11.8 Å². The first-order valence-electron chi connectivity index (χ1n) is 9.37. The summed E-state index contributed by atoms with van der Waals surface area (Å²) >= 11 is 0. The van der Waals surface area contributed by atoms with E-state index < -0.39 is 11.9 Å². The van der Waals surface area contributed by atoms with Gasteiger partial charge in [-0.15, -0.1) is 10.2 Å². The molecule has 1 fully saturated rings. The van der Waals surface area contributed by atoms with Gasteiger partial charge < -0.3 is 9.73 Å². The second-order valence-electron chi connectivity index (χ2n) is 7.28. The molecule has 1 aliphatic carbocycles. The second-order valence-corrected chi connectivity index (χ2v) is 7.28. The van der Waals surface area contributed by atoms with E-state index in [4.69, 9.17) is 4.42 Å². The molecule has 1 unspecified atom stereocenters. The van der Waals surface area contributed by atoms with Crippen LogP contribution in [0, 0.1) is 5.92 Å². The summed E-state index contributed by atoms with van der Waals surface area (Å²) in [7, 11) is 1.64. The number of aromatic nitrogens is 4. The minimum Gasteiger partial charge on any atom is -0.417 e. The number of hydrogen-bond acceptors (Lipinski definition) is 7. The first-order valence-corrected chi connectivity index (χ1v) is 9.37. The molecule has 1 saturated carbocycles. The van der Waals surface area contributed by atoms with Gasteiger partial charge in [-0.2, -0.15) is 0 Å². The van der Waals surface area contributed by atoms with E-state index in [1.165, 1.54) is 4.90 Å². The molecule has 0 radical (unpaired) electrons. The summed E-state index contributed by atoms with van der Waals surface area (Å²) < 4.78 is 5.51. The molecule has 2 aromatic heterocycles. The summed E-state index contributed by atoms with van der Waals surface area (Å²) in [6.45, 7) is 0. The number of rotatable bonds is 4. The fraction of sp³-hybridized carbons (Fsp3) is 0.300. The minimum absolute atomic E-state index is 0.0152. The van der Waals surface area contributed by atoms with Crippen LogP contribution in [0.3, 0.4) is 0 Å². The third-order valence-corrected chi connectivity index (χ3v) is 5.39. The van der Waals surface area contributed by atoms with Gasteiger partial charge in [0.25, 0.3) is 5.91 Å². The molecule has 3 heterocycles. The third kappa shape index (κ3) is 3.14. The van der Waals surface area contributed by atoms with E-state index in [1.54, 1.807) is 19.4 Å². The van der Waals surface area contributed by atoms with Crippen molar-refractivity contribution in [3.63, 3.8) is 0 Å². The summed E-state index contributed by atoms with van der Waals surface area (Å²) in [6.07, 6.45) is 4.40. The number of benzene rings is 1. The fourth-order valence-electron chi connectivity index (χ4n) is 3.81. The highest BCUT2D eigenvalue weighted by Gasteiger charge is 2.53. The molecule has 146 valence electrons. The third-order valence-electron chi connectivity index (χ3n) is 5.39. The smallest absolute Gasteiger partial charge is 0.309 e. The van der Waals surface area contributed by atoms with E-state index in [0.29, 0.717) is 18.1 Å². The van der Waals surface area contributed by atoms with Crippen LogP contribution in [0.15, 0.2) is 47.1 Å². The number of nitrogens with one attached hydrogen (secondary N) is 1. The van der Waals surface area contributed by atoms with E-state index in [-0.39, 0.29) is 23.6 Å². The van der Waals surface area contributed by atoms with Crippen molar-refractivity contribution >= 4 is 17.6 Å². The lowest BCUT2D eigenvalue weighted by atomic mass is 10.1. The quantitative estimate of drug-likeness (QED) is 0.715. The molecule has 5 rings (SSSR count). The van der Waals surface area contributed by atoms with Crippen LogP contribution in [0.4, 0.5) is 5.82 Å². The molecule has 1 N–H and O–H groups in total. The molecule has 3 atom stereocenters. The number of nitrogens with zero attached hydrogens (tertiary/aromatic N) is 5. The lowest BCUT2D eigenvalue weighted by molar-refractivity contribution is -0.120. The van der Waals surface area contributed by atoms with Gasteiger partial charge in [0.1, 0.15) is 6.04 Å². The van der Waals surface area contributed by atoms with E-state index in [0.717, 1.165) is 17.7 Å². The number of fused-ring (bicyclic) bond motifs is 3. The molecule has 3 aromatic rings. The lowest BCUT2D eigenvalue weighted by Gasteiger charge is -2.21. The van der Waals surface area contributed by atoms with Crippen LogP contribution in [0.5, 0.6) is 0 Å². The predicted molar refractivity (Wildman–Crippen MR) is 101 cm³/mol. The van der Waals surface area contributed by atoms with Gasteiger partial charge in [0.15, 0.2) is 5.82 Å². The molecule has 9 nitrogen and oxygen atoms in total. The van der Waals surface area contributed by atoms with Crippen molar-refractivity contribution in [1.82, 2.24) is 25.5 Å². The minimum atomic E-state index is -0.682. The summed E-state index contributed by atoms with van der Waals surface area (Å²) in [5, 5.41) is 10.6. The van der Waals surface area contributed by atoms with Crippen molar-refractivity contribution in [2.24, 2.45) is 5.92 Å². The predicted octanol–water partition coefficient (Wildman–Crippen LogP) is 1.33.